The van der Waals surface area contributed by atoms with Gasteiger partial charge in [0.25, 0.3) is 5.56 Å². The fourth-order valence-corrected chi connectivity index (χ4v) is 3.28. The Kier molecular flexibility index (Phi) is 4.73. The van der Waals surface area contributed by atoms with Crippen molar-refractivity contribution < 1.29 is 9.47 Å². The lowest BCUT2D eigenvalue weighted by Crippen LogP contribution is -2.38. The van der Waals surface area contributed by atoms with Crippen LogP contribution in [0, 0.1) is 0 Å². The molecule has 1 N–H and O–H groups in total. The Morgan fingerprint density at radius 3 is 2.88 bits per heavy atom. The maximum absolute atomic E-state index is 12.6. The van der Waals surface area contributed by atoms with Crippen molar-refractivity contribution in [3.63, 3.8) is 0 Å². The van der Waals surface area contributed by atoms with Crippen molar-refractivity contribution in [3.8, 4) is 17.1 Å². The monoisotopic (exact) mass is 354 g/mol. The number of ether oxygens (including phenoxy) is 2. The van der Waals surface area contributed by atoms with Crippen molar-refractivity contribution in [1.82, 2.24) is 19.4 Å². The van der Waals surface area contributed by atoms with Crippen LogP contribution in [0.15, 0.2) is 41.5 Å². The zero-order valence-electron chi connectivity index (χ0n) is 14.8. The minimum absolute atomic E-state index is 0.149. The van der Waals surface area contributed by atoms with Crippen molar-refractivity contribution in [3.05, 3.63) is 47.0 Å². The van der Waals surface area contributed by atoms with Crippen molar-refractivity contribution >= 4 is 10.9 Å². The molecule has 2 aromatic heterocycles. The number of nitrogens with one attached hydrogen (secondary N) is 1. The van der Waals surface area contributed by atoms with E-state index in [0.717, 1.165) is 50.3 Å². The van der Waals surface area contributed by atoms with Crippen LogP contribution in [0.1, 0.15) is 0 Å². The van der Waals surface area contributed by atoms with E-state index in [1.807, 2.05) is 35.0 Å². The fraction of sp³-hybridized carbons (Fsp3) is 0.368. The van der Waals surface area contributed by atoms with Crippen LogP contribution in [0.2, 0.25) is 0 Å². The first-order valence-electron chi connectivity index (χ1n) is 8.77. The molecule has 1 fully saturated rings. The third kappa shape index (κ3) is 3.36. The molecule has 136 valence electrons. The number of hydrogen-bond donors (Lipinski definition) is 1. The van der Waals surface area contributed by atoms with Crippen LogP contribution in [0.5, 0.6) is 5.75 Å². The summed E-state index contributed by atoms with van der Waals surface area (Å²) in [5.74, 6) is 1.41. The number of morpholine rings is 1. The van der Waals surface area contributed by atoms with E-state index < -0.39 is 0 Å². The number of H-pyrrole nitrogens is 1. The van der Waals surface area contributed by atoms with Crippen LogP contribution in [-0.2, 0) is 11.3 Å². The summed E-state index contributed by atoms with van der Waals surface area (Å²) < 4.78 is 12.6. The van der Waals surface area contributed by atoms with Crippen molar-refractivity contribution in [1.29, 1.82) is 0 Å². The first-order chi connectivity index (χ1) is 12.7. The molecule has 1 saturated heterocycles. The Morgan fingerprint density at radius 2 is 2.08 bits per heavy atom. The quantitative estimate of drug-likeness (QED) is 0.755. The number of benzene rings is 1. The van der Waals surface area contributed by atoms with Crippen LogP contribution < -0.4 is 10.3 Å². The Labute approximate surface area is 151 Å². The molecule has 0 bridgehead atoms. The van der Waals surface area contributed by atoms with E-state index in [-0.39, 0.29) is 5.56 Å². The summed E-state index contributed by atoms with van der Waals surface area (Å²) in [4.78, 5) is 22.3. The number of methoxy groups -OCH3 is 1. The van der Waals surface area contributed by atoms with Gasteiger partial charge in [-0.3, -0.25) is 9.69 Å². The summed E-state index contributed by atoms with van der Waals surface area (Å²) in [7, 11) is 1.61. The van der Waals surface area contributed by atoms with Gasteiger partial charge in [-0.15, -0.1) is 0 Å². The highest BCUT2D eigenvalue weighted by atomic mass is 16.5. The van der Waals surface area contributed by atoms with Crippen LogP contribution in [0.4, 0.5) is 0 Å². The van der Waals surface area contributed by atoms with E-state index in [2.05, 4.69) is 14.9 Å². The fourth-order valence-electron chi connectivity index (χ4n) is 3.28. The minimum atomic E-state index is -0.149. The van der Waals surface area contributed by atoms with E-state index in [9.17, 15) is 4.79 Å². The molecule has 7 nitrogen and oxygen atoms in total. The number of aromatic amines is 1. The molecule has 26 heavy (non-hydrogen) atoms. The van der Waals surface area contributed by atoms with Crippen LogP contribution in [0.25, 0.3) is 22.3 Å². The molecular formula is C19H22N4O3. The Hall–Kier alpha value is -2.64. The maximum Gasteiger partial charge on any atom is 0.259 e. The van der Waals surface area contributed by atoms with E-state index in [1.54, 1.807) is 13.3 Å². The molecule has 3 heterocycles. The summed E-state index contributed by atoms with van der Waals surface area (Å²) in [5, 5.41) is 0.947. The normalized spacial score (nSPS) is 15.4. The third-order valence-corrected chi connectivity index (χ3v) is 4.77. The van der Waals surface area contributed by atoms with Crippen LogP contribution in [0.3, 0.4) is 0 Å². The van der Waals surface area contributed by atoms with Crippen molar-refractivity contribution in [2.45, 2.75) is 6.54 Å². The van der Waals surface area contributed by atoms with E-state index in [4.69, 9.17) is 9.47 Å². The summed E-state index contributed by atoms with van der Waals surface area (Å²) in [6.45, 7) is 5.16. The molecule has 0 spiro atoms. The molecule has 7 heteroatoms. The maximum atomic E-state index is 12.6. The number of rotatable bonds is 5. The number of hydrogen-bond acceptors (Lipinski definition) is 5. The summed E-state index contributed by atoms with van der Waals surface area (Å²) in [6.07, 6.45) is 3.67. The average Bonchev–Trinajstić information content (AvgIpc) is 3.14. The van der Waals surface area contributed by atoms with Crippen LogP contribution >= 0.6 is 0 Å². The topological polar surface area (TPSA) is 72.4 Å². The van der Waals surface area contributed by atoms with E-state index in [1.165, 1.54) is 0 Å². The predicted molar refractivity (Wildman–Crippen MR) is 99.6 cm³/mol. The zero-order chi connectivity index (χ0) is 17.9. The molecule has 1 aromatic carbocycles. The van der Waals surface area contributed by atoms with Gasteiger partial charge in [0.15, 0.2) is 0 Å². The highest BCUT2D eigenvalue weighted by Gasteiger charge is 2.14. The Bertz CT molecular complexity index is 957. The number of pyridine rings is 1. The summed E-state index contributed by atoms with van der Waals surface area (Å²) in [5.41, 5.74) is 1.18. The van der Waals surface area contributed by atoms with Crippen molar-refractivity contribution in [2.75, 3.05) is 40.0 Å². The lowest BCUT2D eigenvalue weighted by molar-refractivity contribution is 0.0364. The first-order valence-corrected chi connectivity index (χ1v) is 8.77. The molecule has 1 aliphatic heterocycles. The molecule has 3 aromatic rings. The number of imidazole rings is 1. The largest absolute Gasteiger partial charge is 0.497 e. The SMILES string of the molecule is COc1ccc2cc(-c3nccn3CCN3CCOCC3)c(=O)[nH]c2c1. The Balaban J connectivity index is 1.62. The van der Waals surface area contributed by atoms with E-state index in [0.29, 0.717) is 17.1 Å². The first kappa shape index (κ1) is 16.8. The average molecular weight is 354 g/mol. The number of fused-ring (bicyclic) bond motifs is 1. The Morgan fingerprint density at radius 1 is 1.23 bits per heavy atom. The molecule has 0 unspecified atom stereocenters. The van der Waals surface area contributed by atoms with Gasteiger partial charge in [0.05, 0.1) is 31.4 Å². The van der Waals surface area contributed by atoms with Crippen molar-refractivity contribution in [2.24, 2.45) is 0 Å². The van der Waals surface area contributed by atoms with Gasteiger partial charge in [0.1, 0.15) is 11.6 Å². The van der Waals surface area contributed by atoms with Gasteiger partial charge < -0.3 is 19.0 Å². The highest BCUT2D eigenvalue weighted by molar-refractivity contribution is 5.83. The lowest BCUT2D eigenvalue weighted by Gasteiger charge is -2.26. The molecule has 0 saturated carbocycles. The third-order valence-electron chi connectivity index (χ3n) is 4.77. The van der Waals surface area contributed by atoms with Crippen LogP contribution in [-0.4, -0.2) is 59.4 Å². The van der Waals surface area contributed by atoms with Gasteiger partial charge in [-0.2, -0.15) is 0 Å². The second-order valence-electron chi connectivity index (χ2n) is 6.36. The van der Waals surface area contributed by atoms with Gasteiger partial charge in [-0.25, -0.2) is 4.98 Å². The van der Waals surface area contributed by atoms with Gasteiger partial charge in [-0.1, -0.05) is 0 Å². The smallest absolute Gasteiger partial charge is 0.259 e. The predicted octanol–water partition coefficient (Wildman–Crippen LogP) is 1.73. The second kappa shape index (κ2) is 7.31. The lowest BCUT2D eigenvalue weighted by atomic mass is 10.1. The van der Waals surface area contributed by atoms with Gasteiger partial charge >= 0.3 is 0 Å². The summed E-state index contributed by atoms with van der Waals surface area (Å²) in [6, 6.07) is 7.54. The van der Waals surface area contributed by atoms with Gasteiger partial charge in [0.2, 0.25) is 0 Å². The molecule has 4 rings (SSSR count). The molecular weight excluding hydrogens is 332 g/mol. The van der Waals surface area contributed by atoms with Gasteiger partial charge in [-0.05, 0) is 23.6 Å². The molecule has 0 aliphatic carbocycles. The minimum Gasteiger partial charge on any atom is -0.497 e. The molecule has 0 atom stereocenters. The standard InChI is InChI=1S/C19H22N4O3/c1-25-15-3-2-14-12-16(19(24)21-17(14)13-15)18-20-4-5-23(18)7-6-22-8-10-26-11-9-22/h2-5,12-13H,6-11H2,1H3,(H,21,24). The number of aromatic nitrogens is 3. The molecule has 0 radical (unpaired) electrons. The molecule has 0 amide bonds. The number of nitrogens with zero attached hydrogens (tertiary/aromatic N) is 3. The van der Waals surface area contributed by atoms with E-state index >= 15 is 0 Å². The van der Waals surface area contributed by atoms with Gasteiger partial charge in [0, 0.05) is 44.6 Å². The second-order valence-corrected chi connectivity index (χ2v) is 6.36. The summed E-state index contributed by atoms with van der Waals surface area (Å²) >= 11 is 0. The zero-order valence-corrected chi connectivity index (χ0v) is 14.8. The highest BCUT2D eigenvalue weighted by Crippen LogP contribution is 2.22. The molecule has 1 aliphatic rings.